The first-order valence-electron chi connectivity index (χ1n) is 5.19. The number of furan rings is 1. The highest BCUT2D eigenvalue weighted by Crippen LogP contribution is 2.31. The third-order valence-corrected chi connectivity index (χ3v) is 2.98. The number of rotatable bonds is 3. The lowest BCUT2D eigenvalue weighted by molar-refractivity contribution is 0.218. The maximum Gasteiger partial charge on any atom is 0.137 e. The van der Waals surface area contributed by atoms with Gasteiger partial charge in [0.15, 0.2) is 0 Å². The Labute approximate surface area is 105 Å². The van der Waals surface area contributed by atoms with E-state index in [0.717, 1.165) is 5.56 Å². The summed E-state index contributed by atoms with van der Waals surface area (Å²) < 4.78 is 10.2. The normalized spacial score (nSPS) is 12.5. The number of halogens is 1. The maximum absolute atomic E-state index is 10.2. The van der Waals surface area contributed by atoms with E-state index in [0.29, 0.717) is 22.1 Å². The number of ether oxygens (including phenoxy) is 1. The summed E-state index contributed by atoms with van der Waals surface area (Å²) >= 11 is 6.02. The molecule has 1 unspecified atom stereocenters. The molecule has 0 saturated heterocycles. The zero-order valence-corrected chi connectivity index (χ0v) is 10.4. The van der Waals surface area contributed by atoms with Crippen LogP contribution in [0.1, 0.15) is 23.0 Å². The van der Waals surface area contributed by atoms with Crippen molar-refractivity contribution in [3.8, 4) is 5.75 Å². The molecular formula is C13H13ClO3. The van der Waals surface area contributed by atoms with E-state index in [9.17, 15) is 5.11 Å². The molecule has 0 amide bonds. The Morgan fingerprint density at radius 1 is 1.35 bits per heavy atom. The van der Waals surface area contributed by atoms with Gasteiger partial charge < -0.3 is 14.3 Å². The van der Waals surface area contributed by atoms with Gasteiger partial charge in [0.05, 0.1) is 18.4 Å². The first-order valence-corrected chi connectivity index (χ1v) is 5.56. The molecule has 90 valence electrons. The zero-order chi connectivity index (χ0) is 12.4. The summed E-state index contributed by atoms with van der Waals surface area (Å²) in [5.74, 6) is 1.29. The molecule has 0 bridgehead atoms. The van der Waals surface area contributed by atoms with E-state index in [-0.39, 0.29) is 0 Å². The fourth-order valence-electron chi connectivity index (χ4n) is 1.71. The number of aryl methyl sites for hydroxylation is 1. The molecule has 0 saturated carbocycles. The molecule has 2 rings (SSSR count). The van der Waals surface area contributed by atoms with Crippen LogP contribution >= 0.6 is 11.6 Å². The van der Waals surface area contributed by atoms with Gasteiger partial charge in [0, 0.05) is 5.56 Å². The minimum Gasteiger partial charge on any atom is -0.495 e. The van der Waals surface area contributed by atoms with Crippen molar-refractivity contribution in [3.63, 3.8) is 0 Å². The molecule has 1 aromatic heterocycles. The van der Waals surface area contributed by atoms with Gasteiger partial charge in [-0.3, -0.25) is 0 Å². The van der Waals surface area contributed by atoms with E-state index in [4.69, 9.17) is 20.8 Å². The second-order valence-corrected chi connectivity index (χ2v) is 4.14. The smallest absolute Gasteiger partial charge is 0.137 e. The molecule has 1 aromatic carbocycles. The molecule has 2 aromatic rings. The summed E-state index contributed by atoms with van der Waals surface area (Å²) in [7, 11) is 1.55. The SMILES string of the molecule is COc1ccc(C(O)c2ccoc2C)cc1Cl. The molecule has 4 heteroatoms. The van der Waals surface area contributed by atoms with Crippen molar-refractivity contribution in [3.05, 3.63) is 52.4 Å². The van der Waals surface area contributed by atoms with Gasteiger partial charge in [-0.2, -0.15) is 0 Å². The summed E-state index contributed by atoms with van der Waals surface area (Å²) in [5, 5.41) is 10.7. The molecule has 0 fully saturated rings. The fourth-order valence-corrected chi connectivity index (χ4v) is 1.98. The third kappa shape index (κ3) is 2.30. The van der Waals surface area contributed by atoms with E-state index in [1.165, 1.54) is 0 Å². The molecule has 17 heavy (non-hydrogen) atoms. The van der Waals surface area contributed by atoms with E-state index < -0.39 is 6.10 Å². The Bertz CT molecular complexity index is 519. The minimum atomic E-state index is -0.739. The lowest BCUT2D eigenvalue weighted by Gasteiger charge is -2.12. The Kier molecular flexibility index (Phi) is 3.41. The largest absolute Gasteiger partial charge is 0.495 e. The van der Waals surface area contributed by atoms with Gasteiger partial charge in [0.2, 0.25) is 0 Å². The van der Waals surface area contributed by atoms with Gasteiger partial charge in [0.25, 0.3) is 0 Å². The minimum absolute atomic E-state index is 0.477. The fraction of sp³-hybridized carbons (Fsp3) is 0.231. The Balaban J connectivity index is 2.35. The highest BCUT2D eigenvalue weighted by Gasteiger charge is 2.16. The van der Waals surface area contributed by atoms with Crippen molar-refractivity contribution < 1.29 is 14.3 Å². The van der Waals surface area contributed by atoms with Gasteiger partial charge >= 0.3 is 0 Å². The quantitative estimate of drug-likeness (QED) is 0.911. The summed E-state index contributed by atoms with van der Waals surface area (Å²) in [6, 6.07) is 6.95. The molecule has 0 aliphatic carbocycles. The summed E-state index contributed by atoms with van der Waals surface area (Å²) in [4.78, 5) is 0. The van der Waals surface area contributed by atoms with Crippen LogP contribution in [0.25, 0.3) is 0 Å². The Hall–Kier alpha value is -1.45. The van der Waals surface area contributed by atoms with Crippen molar-refractivity contribution in [1.29, 1.82) is 0 Å². The van der Waals surface area contributed by atoms with Crippen LogP contribution in [0.15, 0.2) is 34.9 Å². The first-order chi connectivity index (χ1) is 8.13. The molecular weight excluding hydrogens is 240 g/mol. The Morgan fingerprint density at radius 3 is 2.65 bits per heavy atom. The second kappa shape index (κ2) is 4.82. The van der Waals surface area contributed by atoms with Gasteiger partial charge in [-0.05, 0) is 30.7 Å². The van der Waals surface area contributed by atoms with Gasteiger partial charge in [-0.1, -0.05) is 17.7 Å². The molecule has 0 radical (unpaired) electrons. The molecule has 0 spiro atoms. The van der Waals surface area contributed by atoms with Crippen LogP contribution in [0.3, 0.4) is 0 Å². The predicted octanol–water partition coefficient (Wildman–Crippen LogP) is 3.33. The van der Waals surface area contributed by atoms with Crippen molar-refractivity contribution in [2.75, 3.05) is 7.11 Å². The summed E-state index contributed by atoms with van der Waals surface area (Å²) in [6.45, 7) is 1.81. The number of aliphatic hydroxyl groups excluding tert-OH is 1. The average Bonchev–Trinajstić information content (AvgIpc) is 2.74. The lowest BCUT2D eigenvalue weighted by Crippen LogP contribution is -2.00. The standard InChI is InChI=1S/C13H13ClO3/c1-8-10(5-6-17-8)13(15)9-3-4-12(16-2)11(14)7-9/h3-7,13,15H,1-2H3. The first kappa shape index (κ1) is 12.0. The third-order valence-electron chi connectivity index (χ3n) is 2.69. The van der Waals surface area contributed by atoms with E-state index in [2.05, 4.69) is 0 Å². The number of hydrogen-bond acceptors (Lipinski definition) is 3. The van der Waals surface area contributed by atoms with Gasteiger partial charge in [-0.15, -0.1) is 0 Å². The van der Waals surface area contributed by atoms with E-state index in [1.807, 2.05) is 6.92 Å². The average molecular weight is 253 g/mol. The number of methoxy groups -OCH3 is 1. The van der Waals surface area contributed by atoms with Crippen molar-refractivity contribution in [2.24, 2.45) is 0 Å². The van der Waals surface area contributed by atoms with E-state index in [1.54, 1.807) is 37.6 Å². The van der Waals surface area contributed by atoms with E-state index >= 15 is 0 Å². The zero-order valence-electron chi connectivity index (χ0n) is 9.61. The van der Waals surface area contributed by atoms with Crippen molar-refractivity contribution in [1.82, 2.24) is 0 Å². The van der Waals surface area contributed by atoms with Gasteiger partial charge in [0.1, 0.15) is 17.6 Å². The molecule has 3 nitrogen and oxygen atoms in total. The molecule has 1 atom stereocenters. The highest BCUT2D eigenvalue weighted by atomic mass is 35.5. The maximum atomic E-state index is 10.2. The van der Waals surface area contributed by atoms with Crippen LogP contribution in [0.5, 0.6) is 5.75 Å². The van der Waals surface area contributed by atoms with Crippen molar-refractivity contribution in [2.45, 2.75) is 13.0 Å². The van der Waals surface area contributed by atoms with Crippen LogP contribution in [0, 0.1) is 6.92 Å². The van der Waals surface area contributed by atoms with Crippen molar-refractivity contribution >= 4 is 11.6 Å². The predicted molar refractivity (Wildman–Crippen MR) is 65.5 cm³/mol. The number of benzene rings is 1. The molecule has 0 aliphatic rings. The van der Waals surface area contributed by atoms with Crippen LogP contribution in [-0.4, -0.2) is 12.2 Å². The summed E-state index contributed by atoms with van der Waals surface area (Å²) in [5.41, 5.74) is 1.45. The van der Waals surface area contributed by atoms with Gasteiger partial charge in [-0.25, -0.2) is 0 Å². The molecule has 0 aliphatic heterocycles. The molecule has 1 heterocycles. The monoisotopic (exact) mass is 252 g/mol. The van der Waals surface area contributed by atoms with Crippen LogP contribution in [0.4, 0.5) is 0 Å². The number of hydrogen-bond donors (Lipinski definition) is 1. The second-order valence-electron chi connectivity index (χ2n) is 3.73. The topological polar surface area (TPSA) is 42.6 Å². The summed E-state index contributed by atoms with van der Waals surface area (Å²) in [6.07, 6.45) is 0.816. The van der Waals surface area contributed by atoms with Crippen LogP contribution in [0.2, 0.25) is 5.02 Å². The van der Waals surface area contributed by atoms with Crippen LogP contribution in [-0.2, 0) is 0 Å². The van der Waals surface area contributed by atoms with Crippen LogP contribution < -0.4 is 4.74 Å². The Morgan fingerprint density at radius 2 is 2.12 bits per heavy atom. The lowest BCUT2D eigenvalue weighted by atomic mass is 10.0. The molecule has 1 N–H and O–H groups in total. The highest BCUT2D eigenvalue weighted by molar-refractivity contribution is 6.32. The number of aliphatic hydroxyl groups is 1.